The van der Waals surface area contributed by atoms with Crippen LogP contribution in [0.15, 0.2) is 17.3 Å². The summed E-state index contributed by atoms with van der Waals surface area (Å²) in [6.45, 7) is 2.38. The van der Waals surface area contributed by atoms with Crippen molar-refractivity contribution in [3.05, 3.63) is 18.0 Å². The van der Waals surface area contributed by atoms with Gasteiger partial charge in [-0.2, -0.15) is 10.1 Å². The van der Waals surface area contributed by atoms with Crippen LogP contribution in [0.1, 0.15) is 25.5 Å². The first-order valence-electron chi connectivity index (χ1n) is 4.75. The highest BCUT2D eigenvalue weighted by atomic mass is 16.5. The number of hydrogen-bond donors (Lipinski definition) is 2. The number of ether oxygens (including phenoxy) is 1. The lowest BCUT2D eigenvalue weighted by Gasteiger charge is -1.99. The molecule has 0 saturated heterocycles. The smallest absolute Gasteiger partial charge is 0.435 e. The molecule has 0 unspecified atom stereocenters. The predicted octanol–water partition coefficient (Wildman–Crippen LogP) is 1.05. The van der Waals surface area contributed by atoms with Gasteiger partial charge in [-0.1, -0.05) is 13.3 Å². The minimum atomic E-state index is -0.677. The summed E-state index contributed by atoms with van der Waals surface area (Å²) in [6, 6.07) is 1.62. The van der Waals surface area contributed by atoms with Crippen molar-refractivity contribution in [2.24, 2.45) is 10.7 Å². The summed E-state index contributed by atoms with van der Waals surface area (Å²) in [6.07, 6.45) is 2.71. The molecule has 3 N–H and O–H groups in total. The molecule has 0 aliphatic carbocycles. The van der Waals surface area contributed by atoms with Gasteiger partial charge in [0.15, 0.2) is 5.84 Å². The van der Waals surface area contributed by atoms with E-state index >= 15 is 0 Å². The lowest BCUT2D eigenvalue weighted by Crippen LogP contribution is -2.17. The van der Waals surface area contributed by atoms with Crippen LogP contribution in [-0.4, -0.2) is 28.7 Å². The molecule has 0 aliphatic heterocycles. The van der Waals surface area contributed by atoms with Crippen LogP contribution >= 0.6 is 0 Å². The molecule has 1 rings (SSSR count). The van der Waals surface area contributed by atoms with Gasteiger partial charge in [-0.05, 0) is 12.5 Å². The van der Waals surface area contributed by atoms with E-state index in [1.165, 1.54) is 0 Å². The molecular formula is C9H14N4O2. The van der Waals surface area contributed by atoms with Gasteiger partial charge in [-0.3, -0.25) is 5.10 Å². The summed E-state index contributed by atoms with van der Waals surface area (Å²) >= 11 is 0. The fraction of sp³-hybridized carbons (Fsp3) is 0.444. The fourth-order valence-corrected chi connectivity index (χ4v) is 0.895. The Kier molecular flexibility index (Phi) is 4.33. The van der Waals surface area contributed by atoms with Gasteiger partial charge in [0.05, 0.1) is 6.61 Å². The molecule has 0 bridgehead atoms. The third-order valence-corrected chi connectivity index (χ3v) is 1.70. The average molecular weight is 210 g/mol. The Hall–Kier alpha value is -1.85. The molecule has 82 valence electrons. The van der Waals surface area contributed by atoms with E-state index in [0.717, 1.165) is 12.8 Å². The first kappa shape index (κ1) is 11.2. The van der Waals surface area contributed by atoms with Crippen LogP contribution in [0, 0.1) is 0 Å². The van der Waals surface area contributed by atoms with Crippen molar-refractivity contribution < 1.29 is 9.53 Å². The molecular weight excluding hydrogens is 196 g/mol. The Balaban J connectivity index is 2.45. The summed E-state index contributed by atoms with van der Waals surface area (Å²) in [5.74, 6) is 0.0535. The molecule has 6 nitrogen and oxygen atoms in total. The van der Waals surface area contributed by atoms with Gasteiger partial charge in [0, 0.05) is 6.20 Å². The molecule has 1 heterocycles. The van der Waals surface area contributed by atoms with E-state index in [0.29, 0.717) is 12.3 Å². The molecule has 1 aromatic heterocycles. The number of nitrogens with two attached hydrogens (primary N) is 1. The predicted molar refractivity (Wildman–Crippen MR) is 55.6 cm³/mol. The van der Waals surface area contributed by atoms with E-state index in [-0.39, 0.29) is 5.84 Å². The minimum absolute atomic E-state index is 0.0535. The van der Waals surface area contributed by atoms with Crippen molar-refractivity contribution in [1.29, 1.82) is 0 Å². The molecule has 15 heavy (non-hydrogen) atoms. The Morgan fingerprint density at radius 2 is 2.53 bits per heavy atom. The van der Waals surface area contributed by atoms with Crippen LogP contribution in [0.2, 0.25) is 0 Å². The van der Waals surface area contributed by atoms with Crippen molar-refractivity contribution in [3.8, 4) is 0 Å². The topological polar surface area (TPSA) is 93.4 Å². The highest BCUT2D eigenvalue weighted by Gasteiger charge is 2.04. The van der Waals surface area contributed by atoms with Crippen LogP contribution in [-0.2, 0) is 4.74 Å². The van der Waals surface area contributed by atoms with Gasteiger partial charge < -0.3 is 10.5 Å². The van der Waals surface area contributed by atoms with Gasteiger partial charge in [0.1, 0.15) is 5.69 Å². The largest absolute Gasteiger partial charge is 0.448 e. The molecule has 1 aromatic rings. The third kappa shape index (κ3) is 3.80. The van der Waals surface area contributed by atoms with Gasteiger partial charge in [0.2, 0.25) is 0 Å². The minimum Gasteiger partial charge on any atom is -0.448 e. The first-order chi connectivity index (χ1) is 7.24. The quantitative estimate of drug-likeness (QED) is 0.441. The third-order valence-electron chi connectivity index (χ3n) is 1.70. The molecule has 0 fully saturated rings. The number of amides is 1. The van der Waals surface area contributed by atoms with E-state index in [2.05, 4.69) is 15.2 Å². The standard InChI is InChI=1S/C9H14N4O2/c1-2-3-6-15-9(14)12-8(10)7-4-5-11-13-7/h4-5H,2-3,6H2,1H3,(H,11,13)(H2,10,12,14). The Morgan fingerprint density at radius 1 is 1.73 bits per heavy atom. The zero-order chi connectivity index (χ0) is 11.1. The summed E-state index contributed by atoms with van der Waals surface area (Å²) in [5, 5.41) is 6.35. The number of nitrogens with zero attached hydrogens (tertiary/aromatic N) is 2. The second-order valence-corrected chi connectivity index (χ2v) is 2.92. The number of aliphatic imine (C=N–C) groups is 1. The molecule has 0 aliphatic rings. The summed E-state index contributed by atoms with van der Waals surface area (Å²) < 4.78 is 4.81. The number of nitrogens with one attached hydrogen (secondary N) is 1. The number of aromatic amines is 1. The first-order valence-corrected chi connectivity index (χ1v) is 4.75. The number of carbonyl (C=O) groups is 1. The average Bonchev–Trinajstić information content (AvgIpc) is 2.70. The molecule has 6 heteroatoms. The lowest BCUT2D eigenvalue weighted by molar-refractivity contribution is 0.155. The fourth-order valence-electron chi connectivity index (χ4n) is 0.895. The monoisotopic (exact) mass is 210 g/mol. The Bertz CT molecular complexity index is 332. The van der Waals surface area contributed by atoms with Gasteiger partial charge in [-0.15, -0.1) is 0 Å². The summed E-state index contributed by atoms with van der Waals surface area (Å²) in [4.78, 5) is 14.6. The number of aromatic nitrogens is 2. The number of H-pyrrole nitrogens is 1. The number of rotatable bonds is 4. The van der Waals surface area contributed by atoms with Gasteiger partial charge in [0.25, 0.3) is 0 Å². The van der Waals surface area contributed by atoms with Crippen LogP contribution in [0.25, 0.3) is 0 Å². The Labute approximate surface area is 87.5 Å². The van der Waals surface area contributed by atoms with Crippen molar-refractivity contribution in [1.82, 2.24) is 10.2 Å². The van der Waals surface area contributed by atoms with Crippen LogP contribution < -0.4 is 5.73 Å². The summed E-state index contributed by atoms with van der Waals surface area (Å²) in [5.41, 5.74) is 5.94. The number of carbonyl (C=O) groups excluding carboxylic acids is 1. The zero-order valence-electron chi connectivity index (χ0n) is 8.56. The highest BCUT2D eigenvalue weighted by molar-refractivity contribution is 6.01. The molecule has 0 aromatic carbocycles. The van der Waals surface area contributed by atoms with Crippen molar-refractivity contribution in [2.45, 2.75) is 19.8 Å². The van der Waals surface area contributed by atoms with Crippen LogP contribution in [0.5, 0.6) is 0 Å². The number of hydrogen-bond acceptors (Lipinski definition) is 3. The van der Waals surface area contributed by atoms with E-state index in [4.69, 9.17) is 10.5 Å². The summed E-state index contributed by atoms with van der Waals surface area (Å²) in [7, 11) is 0. The molecule has 0 radical (unpaired) electrons. The van der Waals surface area contributed by atoms with Gasteiger partial charge in [-0.25, -0.2) is 4.79 Å². The van der Waals surface area contributed by atoms with Gasteiger partial charge >= 0.3 is 6.09 Å². The maximum atomic E-state index is 11.1. The van der Waals surface area contributed by atoms with E-state index < -0.39 is 6.09 Å². The zero-order valence-corrected chi connectivity index (χ0v) is 8.56. The van der Waals surface area contributed by atoms with Crippen molar-refractivity contribution in [3.63, 3.8) is 0 Å². The molecule has 0 atom stereocenters. The highest BCUT2D eigenvalue weighted by Crippen LogP contribution is 1.94. The van der Waals surface area contributed by atoms with Crippen molar-refractivity contribution >= 4 is 11.9 Å². The van der Waals surface area contributed by atoms with E-state index in [9.17, 15) is 4.79 Å². The molecule has 1 amide bonds. The second-order valence-electron chi connectivity index (χ2n) is 2.92. The lowest BCUT2D eigenvalue weighted by atomic mass is 10.4. The van der Waals surface area contributed by atoms with E-state index in [1.807, 2.05) is 6.92 Å². The number of unbranched alkanes of at least 4 members (excludes halogenated alkanes) is 1. The SMILES string of the molecule is CCCCOC(=O)N=C(N)c1cc[nH]n1. The maximum absolute atomic E-state index is 11.1. The van der Waals surface area contributed by atoms with Crippen LogP contribution in [0.4, 0.5) is 4.79 Å². The normalized spacial score (nSPS) is 11.4. The maximum Gasteiger partial charge on any atom is 0.435 e. The second kappa shape index (κ2) is 5.79. The Morgan fingerprint density at radius 3 is 3.13 bits per heavy atom. The van der Waals surface area contributed by atoms with Crippen molar-refractivity contribution in [2.75, 3.05) is 6.61 Å². The van der Waals surface area contributed by atoms with E-state index in [1.54, 1.807) is 12.3 Å². The molecule has 0 saturated carbocycles. The number of amidine groups is 1. The molecule has 0 spiro atoms. The van der Waals surface area contributed by atoms with Crippen LogP contribution in [0.3, 0.4) is 0 Å².